The fourth-order valence-corrected chi connectivity index (χ4v) is 1.48. The lowest BCUT2D eigenvalue weighted by molar-refractivity contribution is 0.584. The van der Waals surface area contributed by atoms with Gasteiger partial charge < -0.3 is 0 Å². The van der Waals surface area contributed by atoms with Crippen molar-refractivity contribution in [3.63, 3.8) is 0 Å². The number of nitrogens with zero attached hydrogens (tertiary/aromatic N) is 2. The molecule has 0 aliphatic rings. The highest BCUT2D eigenvalue weighted by molar-refractivity contribution is 5.41. The molecule has 0 bridgehead atoms. The van der Waals surface area contributed by atoms with Gasteiger partial charge in [0.15, 0.2) is 0 Å². The van der Waals surface area contributed by atoms with Crippen molar-refractivity contribution < 1.29 is 0 Å². The molecule has 1 heterocycles. The van der Waals surface area contributed by atoms with Crippen LogP contribution in [-0.2, 0) is 5.41 Å². The zero-order chi connectivity index (χ0) is 11.6. The van der Waals surface area contributed by atoms with Crippen molar-refractivity contribution in [2.75, 3.05) is 0 Å². The molecule has 15 heavy (non-hydrogen) atoms. The van der Waals surface area contributed by atoms with Crippen LogP contribution in [0.5, 0.6) is 0 Å². The summed E-state index contributed by atoms with van der Waals surface area (Å²) in [6.45, 7) is 10.5. The lowest BCUT2D eigenvalue weighted by Gasteiger charge is -2.20. The standard InChI is InChI=1S/C13H18N2/c1-9(2)12-6-10(7-14)11(8-15-12)13(3,4)5/h6,8-9H,1-5H3. The molecule has 1 aromatic rings. The normalized spacial score (nSPS) is 11.5. The van der Waals surface area contributed by atoms with Crippen LogP contribution in [0, 0.1) is 11.3 Å². The highest BCUT2D eigenvalue weighted by atomic mass is 14.7. The van der Waals surface area contributed by atoms with Gasteiger partial charge in [-0.1, -0.05) is 34.6 Å². The topological polar surface area (TPSA) is 36.7 Å². The van der Waals surface area contributed by atoms with Crippen LogP contribution in [0.4, 0.5) is 0 Å². The van der Waals surface area contributed by atoms with Gasteiger partial charge in [-0.15, -0.1) is 0 Å². The minimum absolute atomic E-state index is 0.0203. The Hall–Kier alpha value is -1.36. The van der Waals surface area contributed by atoms with E-state index >= 15 is 0 Å². The predicted molar refractivity (Wildman–Crippen MR) is 61.7 cm³/mol. The minimum atomic E-state index is -0.0203. The van der Waals surface area contributed by atoms with Crippen LogP contribution in [0.2, 0.25) is 0 Å². The molecule has 0 unspecified atom stereocenters. The van der Waals surface area contributed by atoms with Gasteiger partial charge in [0.2, 0.25) is 0 Å². The molecule has 2 heteroatoms. The first kappa shape index (κ1) is 11.7. The van der Waals surface area contributed by atoms with Gasteiger partial charge in [-0.25, -0.2) is 0 Å². The summed E-state index contributed by atoms with van der Waals surface area (Å²) in [5.41, 5.74) is 2.74. The summed E-state index contributed by atoms with van der Waals surface area (Å²) in [4.78, 5) is 4.40. The quantitative estimate of drug-likeness (QED) is 0.700. The molecule has 0 aromatic carbocycles. The van der Waals surface area contributed by atoms with Crippen LogP contribution in [-0.4, -0.2) is 4.98 Å². The zero-order valence-corrected chi connectivity index (χ0v) is 10.1. The fourth-order valence-electron chi connectivity index (χ4n) is 1.48. The second kappa shape index (κ2) is 4.02. The molecule has 1 rings (SSSR count). The van der Waals surface area contributed by atoms with Crippen LogP contribution in [0.25, 0.3) is 0 Å². The third-order valence-electron chi connectivity index (χ3n) is 2.45. The molecule has 80 valence electrons. The molecule has 0 radical (unpaired) electrons. The second-order valence-corrected chi connectivity index (χ2v) is 5.17. The Morgan fingerprint density at radius 2 is 1.93 bits per heavy atom. The van der Waals surface area contributed by atoms with E-state index in [4.69, 9.17) is 5.26 Å². The Morgan fingerprint density at radius 3 is 2.33 bits per heavy atom. The van der Waals surface area contributed by atoms with Crippen molar-refractivity contribution >= 4 is 0 Å². The summed E-state index contributed by atoms with van der Waals surface area (Å²) < 4.78 is 0. The van der Waals surface area contributed by atoms with Gasteiger partial charge >= 0.3 is 0 Å². The first-order chi connectivity index (χ1) is 6.86. The first-order valence-corrected chi connectivity index (χ1v) is 5.26. The molecule has 0 spiro atoms. The summed E-state index contributed by atoms with van der Waals surface area (Å²) in [5, 5.41) is 9.11. The van der Waals surface area contributed by atoms with Crippen LogP contribution in [0.3, 0.4) is 0 Å². The summed E-state index contributed by atoms with van der Waals surface area (Å²) in [6.07, 6.45) is 1.84. The van der Waals surface area contributed by atoms with Crippen molar-refractivity contribution in [3.05, 3.63) is 29.1 Å². The minimum Gasteiger partial charge on any atom is -0.261 e. The van der Waals surface area contributed by atoms with Gasteiger partial charge in [0.05, 0.1) is 11.6 Å². The fraction of sp³-hybridized carbons (Fsp3) is 0.538. The molecule has 0 N–H and O–H groups in total. The van der Waals surface area contributed by atoms with Gasteiger partial charge in [0.1, 0.15) is 0 Å². The van der Waals surface area contributed by atoms with Gasteiger partial charge in [-0.3, -0.25) is 4.98 Å². The molecular formula is C13H18N2. The SMILES string of the molecule is CC(C)c1cc(C#N)c(C(C)(C)C)cn1. The Labute approximate surface area is 92.0 Å². The van der Waals surface area contributed by atoms with Crippen molar-refractivity contribution in [1.82, 2.24) is 4.98 Å². The molecule has 0 saturated carbocycles. The lowest BCUT2D eigenvalue weighted by Crippen LogP contribution is -2.14. The maximum Gasteiger partial charge on any atom is 0.0996 e. The van der Waals surface area contributed by atoms with E-state index in [2.05, 4.69) is 45.7 Å². The largest absolute Gasteiger partial charge is 0.261 e. The number of aromatic nitrogens is 1. The van der Waals surface area contributed by atoms with E-state index in [9.17, 15) is 0 Å². The maximum atomic E-state index is 9.11. The van der Waals surface area contributed by atoms with Gasteiger partial charge in [-0.05, 0) is 23.0 Å². The molecule has 0 aliphatic heterocycles. The molecular weight excluding hydrogens is 184 g/mol. The zero-order valence-electron chi connectivity index (χ0n) is 10.1. The average molecular weight is 202 g/mol. The molecule has 0 fully saturated rings. The van der Waals surface area contributed by atoms with E-state index in [1.807, 2.05) is 12.3 Å². The highest BCUT2D eigenvalue weighted by Gasteiger charge is 2.19. The van der Waals surface area contributed by atoms with Crippen LogP contribution >= 0.6 is 0 Å². The van der Waals surface area contributed by atoms with Gasteiger partial charge in [0.25, 0.3) is 0 Å². The first-order valence-electron chi connectivity index (χ1n) is 5.26. The summed E-state index contributed by atoms with van der Waals surface area (Å²) in [7, 11) is 0. The number of nitriles is 1. The Balaban J connectivity index is 3.29. The number of hydrogen-bond donors (Lipinski definition) is 0. The van der Waals surface area contributed by atoms with E-state index in [1.54, 1.807) is 0 Å². The number of pyridine rings is 1. The van der Waals surface area contributed by atoms with Gasteiger partial charge in [-0.2, -0.15) is 5.26 Å². The van der Waals surface area contributed by atoms with E-state index in [0.717, 1.165) is 16.8 Å². The summed E-state index contributed by atoms with van der Waals surface area (Å²) >= 11 is 0. The Morgan fingerprint density at radius 1 is 1.33 bits per heavy atom. The van der Waals surface area contributed by atoms with E-state index < -0.39 is 0 Å². The van der Waals surface area contributed by atoms with Crippen LogP contribution < -0.4 is 0 Å². The van der Waals surface area contributed by atoms with Crippen molar-refractivity contribution in [1.29, 1.82) is 5.26 Å². The average Bonchev–Trinajstić information content (AvgIpc) is 2.15. The summed E-state index contributed by atoms with van der Waals surface area (Å²) in [6, 6.07) is 4.17. The van der Waals surface area contributed by atoms with Crippen molar-refractivity contribution in [3.8, 4) is 6.07 Å². The maximum absolute atomic E-state index is 9.11. The number of hydrogen-bond acceptors (Lipinski definition) is 2. The van der Waals surface area contributed by atoms with Crippen LogP contribution in [0.1, 0.15) is 57.4 Å². The van der Waals surface area contributed by atoms with Crippen LogP contribution in [0.15, 0.2) is 12.3 Å². The van der Waals surface area contributed by atoms with E-state index in [0.29, 0.717) is 5.92 Å². The molecule has 0 atom stereocenters. The Kier molecular flexibility index (Phi) is 3.14. The van der Waals surface area contributed by atoms with E-state index in [-0.39, 0.29) is 5.41 Å². The molecule has 0 aliphatic carbocycles. The van der Waals surface area contributed by atoms with Crippen molar-refractivity contribution in [2.45, 2.75) is 46.0 Å². The second-order valence-electron chi connectivity index (χ2n) is 5.17. The number of rotatable bonds is 1. The Bertz CT molecular complexity index is 392. The smallest absolute Gasteiger partial charge is 0.0996 e. The molecule has 2 nitrogen and oxygen atoms in total. The predicted octanol–water partition coefficient (Wildman–Crippen LogP) is 3.37. The van der Waals surface area contributed by atoms with Gasteiger partial charge in [0, 0.05) is 11.9 Å². The summed E-state index contributed by atoms with van der Waals surface area (Å²) in [5.74, 6) is 0.367. The third-order valence-corrected chi connectivity index (χ3v) is 2.45. The van der Waals surface area contributed by atoms with E-state index in [1.165, 1.54) is 0 Å². The molecule has 0 saturated heterocycles. The third kappa shape index (κ3) is 2.56. The van der Waals surface area contributed by atoms with Crippen molar-refractivity contribution in [2.24, 2.45) is 0 Å². The molecule has 1 aromatic heterocycles. The monoisotopic (exact) mass is 202 g/mol. The molecule has 0 amide bonds. The lowest BCUT2D eigenvalue weighted by atomic mass is 9.85. The highest BCUT2D eigenvalue weighted by Crippen LogP contribution is 2.26.